The number of furan rings is 1. The Morgan fingerprint density at radius 1 is 1.32 bits per heavy atom. The highest BCUT2D eigenvalue weighted by Gasteiger charge is 2.21. The van der Waals surface area contributed by atoms with Crippen LogP contribution in [0.2, 0.25) is 0 Å². The van der Waals surface area contributed by atoms with Crippen LogP contribution >= 0.6 is 0 Å². The maximum atomic E-state index is 12.1. The maximum Gasteiger partial charge on any atom is 0.286 e. The molecular formula is C22H26N4O2. The average Bonchev–Trinajstić information content (AvgIpc) is 3.42. The molecule has 1 atom stereocenters. The summed E-state index contributed by atoms with van der Waals surface area (Å²) in [7, 11) is 0. The Morgan fingerprint density at radius 2 is 2.25 bits per heavy atom. The predicted molar refractivity (Wildman–Crippen MR) is 107 cm³/mol. The van der Waals surface area contributed by atoms with E-state index < -0.39 is 0 Å². The van der Waals surface area contributed by atoms with Gasteiger partial charge in [-0.25, -0.2) is 4.68 Å². The Bertz CT molecular complexity index is 903. The number of benzene rings is 1. The molecule has 0 saturated carbocycles. The monoisotopic (exact) mass is 378 g/mol. The lowest BCUT2D eigenvalue weighted by atomic mass is 9.97. The van der Waals surface area contributed by atoms with Crippen LogP contribution < -0.4 is 5.32 Å². The second-order valence-corrected chi connectivity index (χ2v) is 7.49. The molecule has 0 bridgehead atoms. The average molecular weight is 378 g/mol. The van der Waals surface area contributed by atoms with E-state index in [1.807, 2.05) is 16.9 Å². The number of aromatic nitrogens is 2. The predicted octanol–water partition coefficient (Wildman–Crippen LogP) is 3.42. The van der Waals surface area contributed by atoms with Crippen molar-refractivity contribution in [3.63, 3.8) is 0 Å². The summed E-state index contributed by atoms with van der Waals surface area (Å²) in [4.78, 5) is 14.6. The Hall–Kier alpha value is -2.86. The van der Waals surface area contributed by atoms with E-state index >= 15 is 0 Å². The molecule has 3 heterocycles. The van der Waals surface area contributed by atoms with Gasteiger partial charge in [0.1, 0.15) is 0 Å². The fraction of sp³-hybridized carbons (Fsp3) is 0.364. The minimum Gasteiger partial charge on any atom is -0.459 e. The summed E-state index contributed by atoms with van der Waals surface area (Å²) in [6, 6.07) is 11.9. The van der Waals surface area contributed by atoms with Gasteiger partial charge in [-0.1, -0.05) is 6.07 Å². The third-order valence-electron chi connectivity index (χ3n) is 5.39. The number of hydrogen-bond acceptors (Lipinski definition) is 4. The van der Waals surface area contributed by atoms with Crippen LogP contribution in [0.3, 0.4) is 0 Å². The van der Waals surface area contributed by atoms with Crippen molar-refractivity contribution in [3.05, 3.63) is 71.9 Å². The van der Waals surface area contributed by atoms with Gasteiger partial charge in [-0.3, -0.25) is 9.69 Å². The summed E-state index contributed by atoms with van der Waals surface area (Å²) in [5.41, 5.74) is 3.71. The van der Waals surface area contributed by atoms with Gasteiger partial charge in [0, 0.05) is 32.0 Å². The van der Waals surface area contributed by atoms with Gasteiger partial charge in [0.2, 0.25) is 0 Å². The van der Waals surface area contributed by atoms with Crippen LogP contribution in [0.5, 0.6) is 0 Å². The molecular weight excluding hydrogens is 352 g/mol. The number of piperidine rings is 1. The number of aryl methyl sites for hydroxylation is 1. The molecule has 1 amide bonds. The van der Waals surface area contributed by atoms with E-state index in [1.54, 1.807) is 18.3 Å². The quantitative estimate of drug-likeness (QED) is 0.714. The molecule has 1 saturated heterocycles. The molecule has 146 valence electrons. The number of rotatable bonds is 6. The van der Waals surface area contributed by atoms with Crippen LogP contribution in [-0.2, 0) is 6.54 Å². The molecule has 0 radical (unpaired) electrons. The molecule has 1 aliphatic heterocycles. The lowest BCUT2D eigenvalue weighted by Gasteiger charge is -2.33. The summed E-state index contributed by atoms with van der Waals surface area (Å²) in [6.07, 6.45) is 7.58. The number of likely N-dealkylation sites (tertiary alicyclic amines) is 1. The van der Waals surface area contributed by atoms with Crippen LogP contribution in [0.15, 0.2) is 59.5 Å². The second-order valence-electron chi connectivity index (χ2n) is 7.49. The fourth-order valence-electron chi connectivity index (χ4n) is 3.86. The number of amides is 1. The van der Waals surface area contributed by atoms with E-state index in [4.69, 9.17) is 4.42 Å². The smallest absolute Gasteiger partial charge is 0.286 e. The molecule has 1 aliphatic rings. The van der Waals surface area contributed by atoms with E-state index in [9.17, 15) is 4.79 Å². The van der Waals surface area contributed by atoms with E-state index in [1.165, 1.54) is 17.4 Å². The van der Waals surface area contributed by atoms with Crippen molar-refractivity contribution in [2.75, 3.05) is 19.6 Å². The summed E-state index contributed by atoms with van der Waals surface area (Å²) in [5, 5.41) is 7.31. The minimum atomic E-state index is -0.132. The Labute approximate surface area is 165 Å². The molecule has 1 aromatic carbocycles. The van der Waals surface area contributed by atoms with Crippen LogP contribution in [-0.4, -0.2) is 40.2 Å². The first-order valence-electron chi connectivity index (χ1n) is 9.82. The molecule has 28 heavy (non-hydrogen) atoms. The number of hydrogen-bond donors (Lipinski definition) is 1. The van der Waals surface area contributed by atoms with Crippen molar-refractivity contribution < 1.29 is 9.21 Å². The van der Waals surface area contributed by atoms with E-state index in [2.05, 4.69) is 40.4 Å². The molecule has 1 N–H and O–H groups in total. The number of carbonyl (C=O) groups excluding carboxylic acids is 1. The van der Waals surface area contributed by atoms with Crippen molar-refractivity contribution in [1.82, 2.24) is 20.0 Å². The SMILES string of the molecule is Cc1cc(-n2cccn2)ccc1CN1CCCC(CNC(=O)c2ccco2)C1. The van der Waals surface area contributed by atoms with Gasteiger partial charge >= 0.3 is 0 Å². The maximum absolute atomic E-state index is 12.1. The minimum absolute atomic E-state index is 0.132. The lowest BCUT2D eigenvalue weighted by Crippen LogP contribution is -2.40. The Morgan fingerprint density at radius 3 is 3.00 bits per heavy atom. The molecule has 1 fully saturated rings. The van der Waals surface area contributed by atoms with E-state index in [0.29, 0.717) is 18.2 Å². The van der Waals surface area contributed by atoms with Gasteiger partial charge in [-0.2, -0.15) is 5.10 Å². The first-order valence-corrected chi connectivity index (χ1v) is 9.82. The Kier molecular flexibility index (Phi) is 5.58. The number of carbonyl (C=O) groups is 1. The summed E-state index contributed by atoms with van der Waals surface area (Å²) >= 11 is 0. The van der Waals surface area contributed by atoms with Crippen molar-refractivity contribution in [2.24, 2.45) is 5.92 Å². The van der Waals surface area contributed by atoms with Gasteiger partial charge < -0.3 is 9.73 Å². The Balaban J connectivity index is 1.33. The summed E-state index contributed by atoms with van der Waals surface area (Å²) < 4.78 is 7.04. The highest BCUT2D eigenvalue weighted by molar-refractivity contribution is 5.91. The largest absolute Gasteiger partial charge is 0.459 e. The van der Waals surface area contributed by atoms with Crippen LogP contribution in [0.25, 0.3) is 5.69 Å². The molecule has 6 nitrogen and oxygen atoms in total. The zero-order chi connectivity index (χ0) is 19.3. The van der Waals surface area contributed by atoms with Gasteiger partial charge in [0.15, 0.2) is 5.76 Å². The summed E-state index contributed by atoms with van der Waals surface area (Å²) in [6.45, 7) is 5.89. The standard InChI is InChI=1S/C22H26N4O2/c1-17-13-20(26-11-4-9-24-26)8-7-19(17)16-25-10-2-5-18(15-25)14-23-22(27)21-6-3-12-28-21/h3-4,6-9,11-13,18H,2,5,10,14-16H2,1H3,(H,23,27). The fourth-order valence-corrected chi connectivity index (χ4v) is 3.86. The van der Waals surface area contributed by atoms with Crippen molar-refractivity contribution in [2.45, 2.75) is 26.3 Å². The normalized spacial score (nSPS) is 17.5. The molecule has 4 rings (SSSR count). The molecule has 0 spiro atoms. The molecule has 3 aromatic rings. The number of nitrogens with zero attached hydrogens (tertiary/aromatic N) is 3. The van der Waals surface area contributed by atoms with Crippen LogP contribution in [0.4, 0.5) is 0 Å². The third-order valence-corrected chi connectivity index (χ3v) is 5.39. The highest BCUT2D eigenvalue weighted by atomic mass is 16.3. The topological polar surface area (TPSA) is 63.3 Å². The molecule has 6 heteroatoms. The summed E-state index contributed by atoms with van der Waals surface area (Å²) in [5.74, 6) is 0.712. The first-order chi connectivity index (χ1) is 13.7. The van der Waals surface area contributed by atoms with Gasteiger partial charge in [0.25, 0.3) is 5.91 Å². The third kappa shape index (κ3) is 4.34. The van der Waals surface area contributed by atoms with Crippen LogP contribution in [0, 0.1) is 12.8 Å². The van der Waals surface area contributed by atoms with E-state index in [0.717, 1.165) is 38.2 Å². The lowest BCUT2D eigenvalue weighted by molar-refractivity contribution is 0.0903. The zero-order valence-corrected chi connectivity index (χ0v) is 16.2. The molecule has 1 unspecified atom stereocenters. The highest BCUT2D eigenvalue weighted by Crippen LogP contribution is 2.21. The first kappa shape index (κ1) is 18.5. The van der Waals surface area contributed by atoms with E-state index in [-0.39, 0.29) is 5.91 Å². The van der Waals surface area contributed by atoms with Gasteiger partial charge in [0.05, 0.1) is 12.0 Å². The number of nitrogens with one attached hydrogen (secondary N) is 1. The zero-order valence-electron chi connectivity index (χ0n) is 16.2. The van der Waals surface area contributed by atoms with Crippen LogP contribution in [0.1, 0.15) is 34.5 Å². The van der Waals surface area contributed by atoms with Crippen molar-refractivity contribution in [3.8, 4) is 5.69 Å². The second kappa shape index (κ2) is 8.44. The van der Waals surface area contributed by atoms with Crippen molar-refractivity contribution in [1.29, 1.82) is 0 Å². The molecule has 2 aromatic heterocycles. The molecule has 0 aliphatic carbocycles. The van der Waals surface area contributed by atoms with Gasteiger partial charge in [-0.15, -0.1) is 0 Å². The van der Waals surface area contributed by atoms with Crippen molar-refractivity contribution >= 4 is 5.91 Å². The van der Waals surface area contributed by atoms with Gasteiger partial charge in [-0.05, 0) is 73.7 Å².